The fourth-order valence-electron chi connectivity index (χ4n) is 7.88. The summed E-state index contributed by atoms with van der Waals surface area (Å²) in [5, 5.41) is 23.3. The molecule has 5 aliphatic rings. The zero-order valence-electron chi connectivity index (χ0n) is 22.3. The first-order chi connectivity index (χ1) is 17.0. The van der Waals surface area contributed by atoms with Gasteiger partial charge in [0.1, 0.15) is 23.7 Å². The number of ether oxygens (including phenoxy) is 2. The van der Waals surface area contributed by atoms with E-state index in [-0.39, 0.29) is 24.7 Å². The quantitative estimate of drug-likeness (QED) is 0.506. The van der Waals surface area contributed by atoms with Crippen molar-refractivity contribution >= 4 is 0 Å². The summed E-state index contributed by atoms with van der Waals surface area (Å²) in [6.45, 7) is 6.59. The Balaban J connectivity index is 1.23. The first-order valence-electron chi connectivity index (χ1n) is 15.2. The predicted molar refractivity (Wildman–Crippen MR) is 138 cm³/mol. The number of aliphatic hydroxyl groups is 2. The summed E-state index contributed by atoms with van der Waals surface area (Å²) in [4.78, 5) is 4.85. The molecule has 6 nitrogen and oxygen atoms in total. The van der Waals surface area contributed by atoms with Crippen LogP contribution in [0.25, 0.3) is 0 Å². The molecule has 4 bridgehead atoms. The Morgan fingerprint density at radius 2 is 1.17 bits per heavy atom. The smallest absolute Gasteiger partial charge is 0.140 e. The van der Waals surface area contributed by atoms with Gasteiger partial charge in [0.15, 0.2) is 0 Å². The van der Waals surface area contributed by atoms with Gasteiger partial charge in [-0.2, -0.15) is 0 Å². The van der Waals surface area contributed by atoms with Gasteiger partial charge in [-0.15, -0.1) is 0 Å². The molecule has 0 saturated carbocycles. The van der Waals surface area contributed by atoms with Gasteiger partial charge in [0.05, 0.1) is 12.2 Å². The highest BCUT2D eigenvalue weighted by molar-refractivity contribution is 4.97. The van der Waals surface area contributed by atoms with Crippen LogP contribution in [0.5, 0.6) is 0 Å². The lowest BCUT2D eigenvalue weighted by atomic mass is 9.82. The number of piperidine rings is 2. The van der Waals surface area contributed by atoms with Gasteiger partial charge >= 0.3 is 0 Å². The third kappa shape index (κ3) is 6.09. The maximum atomic E-state index is 11.7. The Morgan fingerprint density at radius 1 is 0.600 bits per heavy atom. The van der Waals surface area contributed by atoms with Crippen LogP contribution in [-0.2, 0) is 9.47 Å². The lowest BCUT2D eigenvalue weighted by molar-refractivity contribution is -0.258. The minimum atomic E-state index is -0.682. The molecule has 7 unspecified atom stereocenters. The van der Waals surface area contributed by atoms with E-state index in [1.807, 2.05) is 0 Å². The van der Waals surface area contributed by atoms with Gasteiger partial charge in [-0.05, 0) is 63.7 Å². The average molecular weight is 493 g/mol. The third-order valence-corrected chi connectivity index (χ3v) is 9.95. The summed E-state index contributed by atoms with van der Waals surface area (Å²) in [7, 11) is 0. The zero-order chi connectivity index (χ0) is 24.3. The number of hydrogen-bond donors (Lipinski definition) is 2. The van der Waals surface area contributed by atoms with Gasteiger partial charge in [0, 0.05) is 26.2 Å². The SMILES string of the molecule is CC1CN2CCCC3(O)CCCCCCC4CCN5CCCC(O)(CCCCCCC1OC23)C5O4. The second-order valence-corrected chi connectivity index (χ2v) is 12.8. The van der Waals surface area contributed by atoms with Crippen molar-refractivity contribution in [3.63, 3.8) is 0 Å². The maximum Gasteiger partial charge on any atom is 0.140 e. The molecule has 0 aromatic heterocycles. The predicted octanol–water partition coefficient (Wildman–Crippen LogP) is 4.81. The molecule has 6 heteroatoms. The highest BCUT2D eigenvalue weighted by atomic mass is 16.5. The van der Waals surface area contributed by atoms with E-state index in [1.54, 1.807) is 0 Å². The topological polar surface area (TPSA) is 65.4 Å². The molecule has 5 fully saturated rings. The molecule has 35 heavy (non-hydrogen) atoms. The lowest BCUT2D eigenvalue weighted by Crippen LogP contribution is -2.63. The third-order valence-electron chi connectivity index (χ3n) is 9.95. The van der Waals surface area contributed by atoms with Crippen molar-refractivity contribution < 1.29 is 19.7 Å². The van der Waals surface area contributed by atoms with Crippen molar-refractivity contribution in [3.05, 3.63) is 0 Å². The van der Waals surface area contributed by atoms with Crippen LogP contribution >= 0.6 is 0 Å². The van der Waals surface area contributed by atoms with Gasteiger partial charge in [-0.25, -0.2) is 0 Å². The van der Waals surface area contributed by atoms with Gasteiger partial charge in [-0.3, -0.25) is 9.80 Å². The highest BCUT2D eigenvalue weighted by Crippen LogP contribution is 2.40. The summed E-state index contributed by atoms with van der Waals surface area (Å²) < 4.78 is 13.3. The summed E-state index contributed by atoms with van der Waals surface area (Å²) in [6, 6.07) is 0. The van der Waals surface area contributed by atoms with E-state index >= 15 is 0 Å². The minimum Gasteiger partial charge on any atom is -0.386 e. The fourth-order valence-corrected chi connectivity index (χ4v) is 7.88. The number of rotatable bonds is 0. The first kappa shape index (κ1) is 26.4. The normalized spacial score (nSPS) is 45.5. The fraction of sp³-hybridized carbons (Fsp3) is 1.00. The van der Waals surface area contributed by atoms with E-state index < -0.39 is 11.2 Å². The van der Waals surface area contributed by atoms with E-state index in [4.69, 9.17) is 9.47 Å². The summed E-state index contributed by atoms with van der Waals surface area (Å²) in [5.41, 5.74) is -1.35. The zero-order valence-corrected chi connectivity index (χ0v) is 22.3. The monoisotopic (exact) mass is 492 g/mol. The van der Waals surface area contributed by atoms with Gasteiger partial charge in [0.2, 0.25) is 0 Å². The van der Waals surface area contributed by atoms with Crippen LogP contribution in [-0.4, -0.2) is 82.1 Å². The molecule has 2 N–H and O–H groups in total. The lowest BCUT2D eigenvalue weighted by Gasteiger charge is -2.52. The van der Waals surface area contributed by atoms with E-state index in [1.165, 1.54) is 38.5 Å². The molecule has 0 amide bonds. The molecule has 5 saturated heterocycles. The number of fused-ring (bicyclic) bond motifs is 2. The second kappa shape index (κ2) is 11.7. The van der Waals surface area contributed by atoms with Crippen LogP contribution in [0.3, 0.4) is 0 Å². The summed E-state index contributed by atoms with van der Waals surface area (Å²) >= 11 is 0. The molecule has 5 rings (SSSR count). The van der Waals surface area contributed by atoms with Gasteiger partial charge < -0.3 is 19.7 Å². The first-order valence-corrected chi connectivity index (χ1v) is 15.2. The molecule has 0 spiro atoms. The number of nitrogens with zero attached hydrogens (tertiary/aromatic N) is 2. The van der Waals surface area contributed by atoms with Gasteiger partial charge in [0.25, 0.3) is 0 Å². The Kier molecular flexibility index (Phi) is 8.78. The van der Waals surface area contributed by atoms with Crippen molar-refractivity contribution in [2.24, 2.45) is 5.92 Å². The molecule has 5 aliphatic heterocycles. The van der Waals surface area contributed by atoms with Crippen molar-refractivity contribution in [3.8, 4) is 0 Å². The van der Waals surface area contributed by atoms with Crippen molar-refractivity contribution in [2.75, 3.05) is 26.2 Å². The van der Waals surface area contributed by atoms with E-state index in [0.29, 0.717) is 5.92 Å². The largest absolute Gasteiger partial charge is 0.386 e. The average Bonchev–Trinajstić information content (AvgIpc) is 2.84. The summed E-state index contributed by atoms with van der Waals surface area (Å²) in [5.74, 6) is 0.525. The Labute approximate surface area is 213 Å². The van der Waals surface area contributed by atoms with Crippen LogP contribution in [0.1, 0.15) is 116 Å². The highest BCUT2D eigenvalue weighted by Gasteiger charge is 2.49. The molecule has 0 aromatic rings. The second-order valence-electron chi connectivity index (χ2n) is 12.8. The molecule has 7 atom stereocenters. The van der Waals surface area contributed by atoms with Crippen LogP contribution in [0.15, 0.2) is 0 Å². The Bertz CT molecular complexity index is 679. The van der Waals surface area contributed by atoms with Crippen LogP contribution in [0, 0.1) is 5.92 Å². The van der Waals surface area contributed by atoms with Gasteiger partial charge in [-0.1, -0.05) is 58.3 Å². The molecule has 0 aromatic carbocycles. The molecule has 202 valence electrons. The molecule has 5 heterocycles. The molecular weight excluding hydrogens is 440 g/mol. The minimum absolute atomic E-state index is 0.0995. The van der Waals surface area contributed by atoms with Crippen LogP contribution in [0.2, 0.25) is 0 Å². The van der Waals surface area contributed by atoms with E-state index in [2.05, 4.69) is 16.7 Å². The van der Waals surface area contributed by atoms with Crippen molar-refractivity contribution in [1.82, 2.24) is 9.80 Å². The number of hydrogen-bond acceptors (Lipinski definition) is 6. The van der Waals surface area contributed by atoms with E-state index in [0.717, 1.165) is 96.8 Å². The van der Waals surface area contributed by atoms with Crippen molar-refractivity contribution in [2.45, 2.75) is 152 Å². The van der Waals surface area contributed by atoms with Crippen LogP contribution in [0.4, 0.5) is 0 Å². The molecule has 0 radical (unpaired) electrons. The standard InChI is InChI=1S/C29H52N2O4/c1-23-22-31-20-11-18-29(33)16-8-4-2-6-12-24-14-21-30-19-10-17-28(32,26(30)34-24)15-9-5-3-7-13-25(23)35-27(29)31/h23-27,32-33H,2-22H2,1H3. The maximum absolute atomic E-state index is 11.7. The molecule has 0 aliphatic carbocycles. The van der Waals surface area contributed by atoms with Crippen LogP contribution < -0.4 is 0 Å². The Hall–Kier alpha value is -0.240. The Morgan fingerprint density at radius 3 is 1.89 bits per heavy atom. The summed E-state index contributed by atoms with van der Waals surface area (Å²) in [6.07, 6.45) is 18.5. The van der Waals surface area contributed by atoms with Crippen molar-refractivity contribution in [1.29, 1.82) is 0 Å². The molecular formula is C29H52N2O4. The van der Waals surface area contributed by atoms with E-state index in [9.17, 15) is 10.2 Å².